The van der Waals surface area contributed by atoms with E-state index in [1.807, 2.05) is 0 Å². The van der Waals surface area contributed by atoms with E-state index in [4.69, 9.17) is 11.5 Å². The van der Waals surface area contributed by atoms with Crippen molar-refractivity contribution >= 4 is 12.0 Å². The Hall–Kier alpha value is -2.88. The van der Waals surface area contributed by atoms with Crippen molar-refractivity contribution < 1.29 is 24.9 Å². The highest BCUT2D eigenvalue weighted by atomic mass is 16.4. The van der Waals surface area contributed by atoms with Crippen molar-refractivity contribution in [2.24, 2.45) is 0 Å². The molecule has 0 aromatic heterocycles. The van der Waals surface area contributed by atoms with Crippen molar-refractivity contribution in [3.63, 3.8) is 0 Å². The Kier molecular flexibility index (Phi) is 5.89. The third-order valence-electron chi connectivity index (χ3n) is 2.64. The van der Waals surface area contributed by atoms with Crippen molar-refractivity contribution in [1.29, 1.82) is 0 Å². The van der Waals surface area contributed by atoms with Gasteiger partial charge < -0.3 is 26.0 Å². The fourth-order valence-electron chi connectivity index (χ4n) is 1.59. The summed E-state index contributed by atoms with van der Waals surface area (Å²) in [6.07, 6.45) is 5.34. The van der Waals surface area contributed by atoms with Gasteiger partial charge in [0, 0.05) is 19.4 Å². The van der Waals surface area contributed by atoms with Crippen molar-refractivity contribution in [2.45, 2.75) is 18.9 Å². The number of amides is 2. The first-order valence-electron chi connectivity index (χ1n) is 6.15. The van der Waals surface area contributed by atoms with Gasteiger partial charge >= 0.3 is 12.0 Å². The highest BCUT2D eigenvalue weighted by Gasteiger charge is 2.20. The minimum Gasteiger partial charge on any atom is -0.504 e. The molecule has 5 N–H and O–H groups in total. The van der Waals surface area contributed by atoms with E-state index in [0.29, 0.717) is 12.0 Å². The third-order valence-corrected chi connectivity index (χ3v) is 2.64. The maximum absolute atomic E-state index is 11.5. The Morgan fingerprint density at radius 2 is 2.00 bits per heavy atom. The van der Waals surface area contributed by atoms with Gasteiger partial charge in [-0.1, -0.05) is 6.07 Å². The molecule has 0 saturated heterocycles. The normalized spacial score (nSPS) is 11.2. The summed E-state index contributed by atoms with van der Waals surface area (Å²) in [5.41, 5.74) is 0.460. The molecule has 0 fully saturated rings. The van der Waals surface area contributed by atoms with Gasteiger partial charge in [-0.15, -0.1) is 12.3 Å². The van der Waals surface area contributed by atoms with Crippen LogP contribution in [0.2, 0.25) is 0 Å². The molecule has 0 radical (unpaired) electrons. The molecule has 0 aliphatic carbocycles. The summed E-state index contributed by atoms with van der Waals surface area (Å²) in [5, 5.41) is 32.4. The largest absolute Gasteiger partial charge is 0.504 e. The Morgan fingerprint density at radius 1 is 1.29 bits per heavy atom. The van der Waals surface area contributed by atoms with Gasteiger partial charge in [0.1, 0.15) is 6.04 Å². The topological polar surface area (TPSA) is 119 Å². The van der Waals surface area contributed by atoms with Crippen LogP contribution in [0.25, 0.3) is 0 Å². The van der Waals surface area contributed by atoms with Gasteiger partial charge in [-0.05, 0) is 17.7 Å². The van der Waals surface area contributed by atoms with Crippen LogP contribution in [0, 0.1) is 12.3 Å². The van der Waals surface area contributed by atoms with Crippen LogP contribution < -0.4 is 10.6 Å². The highest BCUT2D eigenvalue weighted by molar-refractivity contribution is 5.82. The van der Waals surface area contributed by atoms with E-state index in [-0.39, 0.29) is 24.5 Å². The molecular weight excluding hydrogens is 276 g/mol. The zero-order valence-corrected chi connectivity index (χ0v) is 11.2. The van der Waals surface area contributed by atoms with Gasteiger partial charge in [-0.25, -0.2) is 9.59 Å². The number of benzene rings is 1. The number of nitrogens with one attached hydrogen (secondary N) is 2. The smallest absolute Gasteiger partial charge is 0.326 e. The number of hydrogen-bond donors (Lipinski definition) is 5. The standard InChI is InChI=1S/C14H16N2O5/c1-2-3-6-15-14(21)16-10(13(19)20)7-9-4-5-11(17)12(18)8-9/h1,4-5,8,10,17-18H,3,6-7H2,(H,19,20)(H2,15,16,21)/t10-/m0/s1. The number of carboxylic acid groups (broad SMARTS) is 1. The van der Waals surface area contributed by atoms with Gasteiger partial charge in [0.05, 0.1) is 0 Å². The number of aliphatic carboxylic acids is 1. The highest BCUT2D eigenvalue weighted by Crippen LogP contribution is 2.25. The lowest BCUT2D eigenvalue weighted by atomic mass is 10.1. The quantitative estimate of drug-likeness (QED) is 0.296. The van der Waals surface area contributed by atoms with Crippen molar-refractivity contribution in [1.82, 2.24) is 10.6 Å². The molecule has 0 spiro atoms. The van der Waals surface area contributed by atoms with Crippen LogP contribution in [0.15, 0.2) is 18.2 Å². The molecule has 7 heteroatoms. The first-order valence-corrected chi connectivity index (χ1v) is 6.15. The first kappa shape index (κ1) is 16.2. The molecule has 0 saturated carbocycles. The lowest BCUT2D eigenvalue weighted by Crippen LogP contribution is -2.47. The monoisotopic (exact) mass is 292 g/mol. The van der Waals surface area contributed by atoms with Gasteiger partial charge in [-0.3, -0.25) is 0 Å². The molecule has 0 bridgehead atoms. The van der Waals surface area contributed by atoms with E-state index in [0.717, 1.165) is 0 Å². The number of phenols is 2. The van der Waals surface area contributed by atoms with E-state index in [2.05, 4.69) is 16.6 Å². The molecule has 1 aromatic rings. The van der Waals surface area contributed by atoms with E-state index in [1.54, 1.807) is 0 Å². The maximum atomic E-state index is 11.5. The number of carbonyl (C=O) groups is 2. The van der Waals surface area contributed by atoms with E-state index >= 15 is 0 Å². The summed E-state index contributed by atoms with van der Waals surface area (Å²) in [7, 11) is 0. The second-order valence-electron chi connectivity index (χ2n) is 4.27. The predicted molar refractivity (Wildman–Crippen MR) is 74.9 cm³/mol. The second kappa shape index (κ2) is 7.65. The fourth-order valence-corrected chi connectivity index (χ4v) is 1.59. The minimum atomic E-state index is -1.21. The van der Waals surface area contributed by atoms with Crippen molar-refractivity contribution in [2.75, 3.05) is 6.54 Å². The number of terminal acetylenes is 1. The second-order valence-corrected chi connectivity index (χ2v) is 4.27. The molecule has 0 unspecified atom stereocenters. The summed E-state index contributed by atoms with van der Waals surface area (Å²) in [6.45, 7) is 0.245. The van der Waals surface area contributed by atoms with E-state index in [1.165, 1.54) is 18.2 Å². The molecule has 112 valence electrons. The molecule has 0 aliphatic heterocycles. The summed E-state index contributed by atoms with van der Waals surface area (Å²) >= 11 is 0. The average Bonchev–Trinajstić information content (AvgIpc) is 2.42. The van der Waals surface area contributed by atoms with E-state index in [9.17, 15) is 19.8 Å². The minimum absolute atomic E-state index is 0.0360. The number of hydrogen-bond acceptors (Lipinski definition) is 4. The van der Waals surface area contributed by atoms with Gasteiger partial charge in [0.15, 0.2) is 11.5 Å². The number of aromatic hydroxyl groups is 2. The molecule has 7 nitrogen and oxygen atoms in total. The molecule has 1 aromatic carbocycles. The summed E-state index contributed by atoms with van der Waals surface area (Å²) in [6, 6.07) is 2.14. The van der Waals surface area contributed by atoms with Crippen LogP contribution in [0.5, 0.6) is 11.5 Å². The third kappa shape index (κ3) is 5.32. The molecule has 1 rings (SSSR count). The summed E-state index contributed by atoms with van der Waals surface area (Å²) in [4.78, 5) is 22.6. The number of carbonyl (C=O) groups excluding carboxylic acids is 1. The first-order chi connectivity index (χ1) is 9.93. The van der Waals surface area contributed by atoms with Crippen LogP contribution in [0.4, 0.5) is 4.79 Å². The van der Waals surface area contributed by atoms with Crippen LogP contribution in [-0.2, 0) is 11.2 Å². The van der Waals surface area contributed by atoms with Crippen molar-refractivity contribution in [3.8, 4) is 23.8 Å². The number of rotatable bonds is 6. The van der Waals surface area contributed by atoms with Crippen LogP contribution in [0.1, 0.15) is 12.0 Å². The molecule has 0 aliphatic rings. The lowest BCUT2D eigenvalue weighted by Gasteiger charge is -2.15. The number of phenolic OH excluding ortho intramolecular Hbond substituents is 2. The van der Waals surface area contributed by atoms with Crippen LogP contribution >= 0.6 is 0 Å². The zero-order valence-electron chi connectivity index (χ0n) is 11.2. The Balaban J connectivity index is 2.65. The maximum Gasteiger partial charge on any atom is 0.326 e. The molecular formula is C14H16N2O5. The summed E-state index contributed by atoms with van der Waals surface area (Å²) in [5.74, 6) is 0.475. The SMILES string of the molecule is C#CCCNC(=O)N[C@@H](Cc1ccc(O)c(O)c1)C(=O)O. The zero-order chi connectivity index (χ0) is 15.8. The van der Waals surface area contributed by atoms with Crippen LogP contribution in [0.3, 0.4) is 0 Å². The number of carboxylic acids is 1. The molecule has 1 atom stereocenters. The lowest BCUT2D eigenvalue weighted by molar-refractivity contribution is -0.139. The molecule has 21 heavy (non-hydrogen) atoms. The van der Waals surface area contributed by atoms with Crippen LogP contribution in [-0.4, -0.2) is 39.9 Å². The summed E-state index contributed by atoms with van der Waals surface area (Å²) < 4.78 is 0. The van der Waals surface area contributed by atoms with Crippen molar-refractivity contribution in [3.05, 3.63) is 23.8 Å². The number of urea groups is 1. The Morgan fingerprint density at radius 3 is 2.57 bits per heavy atom. The molecule has 2 amide bonds. The van der Waals surface area contributed by atoms with Gasteiger partial charge in [-0.2, -0.15) is 0 Å². The average molecular weight is 292 g/mol. The van der Waals surface area contributed by atoms with E-state index < -0.39 is 18.0 Å². The predicted octanol–water partition coefficient (Wildman–Crippen LogP) is 0.416. The van der Waals surface area contributed by atoms with Gasteiger partial charge in [0.25, 0.3) is 0 Å². The van der Waals surface area contributed by atoms with Gasteiger partial charge in [0.2, 0.25) is 0 Å². The Labute approximate surface area is 121 Å². The fraction of sp³-hybridized carbons (Fsp3) is 0.286. The Bertz CT molecular complexity index is 565. The molecule has 0 heterocycles.